The average molecular weight is 241 g/mol. The lowest BCUT2D eigenvalue weighted by Gasteiger charge is -2.41. The highest BCUT2D eigenvalue weighted by Crippen LogP contribution is 2.24. The Morgan fingerprint density at radius 1 is 1.41 bits per heavy atom. The number of likely N-dealkylation sites (N-methyl/N-ethyl adjacent to an activating group) is 1. The van der Waals surface area contributed by atoms with Crippen molar-refractivity contribution in [2.45, 2.75) is 39.2 Å². The second-order valence-corrected chi connectivity index (χ2v) is 6.19. The van der Waals surface area contributed by atoms with E-state index in [1.807, 2.05) is 0 Å². The molecule has 1 heterocycles. The highest BCUT2D eigenvalue weighted by atomic mass is 15.2. The molecule has 3 nitrogen and oxygen atoms in total. The maximum atomic E-state index is 3.35. The summed E-state index contributed by atoms with van der Waals surface area (Å²) in [6, 6.07) is 0.749. The van der Waals surface area contributed by atoms with E-state index in [9.17, 15) is 0 Å². The summed E-state index contributed by atoms with van der Waals surface area (Å²) in [5, 5.41) is 3.35. The maximum Gasteiger partial charge on any atom is 0.0217 e. The van der Waals surface area contributed by atoms with E-state index >= 15 is 0 Å². The van der Waals surface area contributed by atoms with Gasteiger partial charge in [-0.25, -0.2) is 0 Å². The zero-order chi connectivity index (χ0) is 12.9. The molecule has 0 bridgehead atoms. The lowest BCUT2D eigenvalue weighted by molar-refractivity contribution is 0.0888. The molecule has 0 aliphatic carbocycles. The molecule has 0 saturated carbocycles. The maximum absolute atomic E-state index is 3.35. The van der Waals surface area contributed by atoms with Crippen LogP contribution in [-0.2, 0) is 0 Å². The lowest BCUT2D eigenvalue weighted by Crippen LogP contribution is -2.49. The second kappa shape index (κ2) is 6.72. The molecule has 0 aromatic carbocycles. The molecular formula is C14H31N3. The second-order valence-electron chi connectivity index (χ2n) is 6.19. The molecule has 0 spiro atoms. The Bertz CT molecular complexity index is 218. The van der Waals surface area contributed by atoms with E-state index in [2.05, 4.69) is 50.1 Å². The summed E-state index contributed by atoms with van der Waals surface area (Å²) in [7, 11) is 6.48. The van der Waals surface area contributed by atoms with Crippen LogP contribution in [0.2, 0.25) is 0 Å². The van der Waals surface area contributed by atoms with Gasteiger partial charge in [0, 0.05) is 25.7 Å². The normalized spacial score (nSPS) is 26.1. The standard InChI is InChI=1S/C14H31N3/c1-6-14(2,11-15-3)12-17-9-7-8-13(10-17)16(4)5/h13,15H,6-12H2,1-5H3. The summed E-state index contributed by atoms with van der Waals surface area (Å²) in [4.78, 5) is 5.04. The van der Waals surface area contributed by atoms with Crippen LogP contribution in [0, 0.1) is 5.41 Å². The monoisotopic (exact) mass is 241 g/mol. The van der Waals surface area contributed by atoms with Gasteiger partial charge in [-0.2, -0.15) is 0 Å². The molecular weight excluding hydrogens is 210 g/mol. The SMILES string of the molecule is CCC(C)(CNC)CN1CCCC(N(C)C)C1. The minimum atomic E-state index is 0.420. The van der Waals surface area contributed by atoms with Crippen molar-refractivity contribution >= 4 is 0 Å². The minimum absolute atomic E-state index is 0.420. The first-order valence-corrected chi connectivity index (χ1v) is 7.04. The van der Waals surface area contributed by atoms with Crippen LogP contribution in [0.3, 0.4) is 0 Å². The Morgan fingerprint density at radius 2 is 2.12 bits per heavy atom. The Labute approximate surface area is 108 Å². The Balaban J connectivity index is 2.49. The number of hydrogen-bond acceptors (Lipinski definition) is 3. The van der Waals surface area contributed by atoms with Gasteiger partial charge in [0.25, 0.3) is 0 Å². The van der Waals surface area contributed by atoms with Crippen LogP contribution >= 0.6 is 0 Å². The molecule has 1 N–H and O–H groups in total. The largest absolute Gasteiger partial charge is 0.319 e. The van der Waals surface area contributed by atoms with E-state index in [-0.39, 0.29) is 0 Å². The molecule has 0 aromatic rings. The fraction of sp³-hybridized carbons (Fsp3) is 1.00. The molecule has 2 atom stereocenters. The molecule has 0 amide bonds. The van der Waals surface area contributed by atoms with Gasteiger partial charge in [0.05, 0.1) is 0 Å². The number of nitrogens with one attached hydrogen (secondary N) is 1. The predicted octanol–water partition coefficient (Wildman–Crippen LogP) is 1.65. The van der Waals surface area contributed by atoms with E-state index in [0.29, 0.717) is 5.41 Å². The molecule has 3 heteroatoms. The fourth-order valence-corrected chi connectivity index (χ4v) is 2.86. The summed E-state index contributed by atoms with van der Waals surface area (Å²) in [6.07, 6.45) is 3.96. The first-order chi connectivity index (χ1) is 8.00. The van der Waals surface area contributed by atoms with Crippen molar-refractivity contribution in [2.24, 2.45) is 5.41 Å². The lowest BCUT2D eigenvalue weighted by atomic mass is 9.86. The summed E-state index contributed by atoms with van der Waals surface area (Å²) in [5.74, 6) is 0. The van der Waals surface area contributed by atoms with Crippen molar-refractivity contribution in [3.8, 4) is 0 Å². The van der Waals surface area contributed by atoms with E-state index in [0.717, 1.165) is 12.6 Å². The molecule has 1 fully saturated rings. The van der Waals surface area contributed by atoms with E-state index in [1.165, 1.54) is 38.9 Å². The van der Waals surface area contributed by atoms with E-state index in [4.69, 9.17) is 0 Å². The quantitative estimate of drug-likeness (QED) is 0.763. The van der Waals surface area contributed by atoms with Crippen molar-refractivity contribution in [2.75, 3.05) is 47.3 Å². The predicted molar refractivity (Wildman–Crippen MR) is 75.5 cm³/mol. The number of rotatable bonds is 6. The van der Waals surface area contributed by atoms with Crippen LogP contribution in [0.25, 0.3) is 0 Å². The number of likely N-dealkylation sites (tertiary alicyclic amines) is 1. The van der Waals surface area contributed by atoms with Gasteiger partial charge in [-0.3, -0.25) is 0 Å². The van der Waals surface area contributed by atoms with Gasteiger partial charge in [-0.15, -0.1) is 0 Å². The third-order valence-electron chi connectivity index (χ3n) is 4.27. The fourth-order valence-electron chi connectivity index (χ4n) is 2.86. The zero-order valence-corrected chi connectivity index (χ0v) is 12.4. The molecule has 1 aliphatic heterocycles. The van der Waals surface area contributed by atoms with Crippen LogP contribution in [-0.4, -0.2) is 63.2 Å². The van der Waals surface area contributed by atoms with Crippen molar-refractivity contribution in [3.05, 3.63) is 0 Å². The topological polar surface area (TPSA) is 18.5 Å². The summed E-state index contributed by atoms with van der Waals surface area (Å²) < 4.78 is 0. The van der Waals surface area contributed by atoms with Crippen molar-refractivity contribution in [3.63, 3.8) is 0 Å². The first-order valence-electron chi connectivity index (χ1n) is 7.04. The van der Waals surface area contributed by atoms with Crippen molar-refractivity contribution in [1.29, 1.82) is 0 Å². The summed E-state index contributed by atoms with van der Waals surface area (Å²) >= 11 is 0. The third kappa shape index (κ3) is 4.57. The van der Waals surface area contributed by atoms with E-state index in [1.54, 1.807) is 0 Å². The first kappa shape index (κ1) is 14.9. The van der Waals surface area contributed by atoms with Gasteiger partial charge in [0.1, 0.15) is 0 Å². The van der Waals surface area contributed by atoms with Gasteiger partial charge in [-0.05, 0) is 52.4 Å². The Hall–Kier alpha value is -0.120. The van der Waals surface area contributed by atoms with E-state index < -0.39 is 0 Å². The zero-order valence-electron chi connectivity index (χ0n) is 12.4. The minimum Gasteiger partial charge on any atom is -0.319 e. The molecule has 102 valence electrons. The molecule has 1 saturated heterocycles. The third-order valence-corrected chi connectivity index (χ3v) is 4.27. The van der Waals surface area contributed by atoms with Crippen molar-refractivity contribution < 1.29 is 0 Å². The highest BCUT2D eigenvalue weighted by molar-refractivity contribution is 4.84. The van der Waals surface area contributed by atoms with Crippen LogP contribution in [0.4, 0.5) is 0 Å². The van der Waals surface area contributed by atoms with Crippen LogP contribution in [0.5, 0.6) is 0 Å². The summed E-state index contributed by atoms with van der Waals surface area (Å²) in [6.45, 7) is 9.59. The highest BCUT2D eigenvalue weighted by Gasteiger charge is 2.28. The van der Waals surface area contributed by atoms with Gasteiger partial charge >= 0.3 is 0 Å². The van der Waals surface area contributed by atoms with Gasteiger partial charge in [0.15, 0.2) is 0 Å². The molecule has 17 heavy (non-hydrogen) atoms. The molecule has 0 radical (unpaired) electrons. The van der Waals surface area contributed by atoms with Crippen LogP contribution in [0.1, 0.15) is 33.1 Å². The smallest absolute Gasteiger partial charge is 0.0217 e. The molecule has 1 rings (SSSR count). The Kier molecular flexibility index (Phi) is 5.90. The molecule has 1 aliphatic rings. The summed E-state index contributed by atoms with van der Waals surface area (Å²) in [5.41, 5.74) is 0.420. The van der Waals surface area contributed by atoms with Crippen molar-refractivity contribution in [1.82, 2.24) is 15.1 Å². The van der Waals surface area contributed by atoms with Gasteiger partial charge < -0.3 is 15.1 Å². The van der Waals surface area contributed by atoms with Gasteiger partial charge in [-0.1, -0.05) is 13.8 Å². The molecule has 2 unspecified atom stereocenters. The van der Waals surface area contributed by atoms with Gasteiger partial charge in [0.2, 0.25) is 0 Å². The average Bonchev–Trinajstić information content (AvgIpc) is 2.29. The number of piperidine rings is 1. The number of hydrogen-bond donors (Lipinski definition) is 1. The Morgan fingerprint density at radius 3 is 2.65 bits per heavy atom. The van der Waals surface area contributed by atoms with Crippen LogP contribution in [0.15, 0.2) is 0 Å². The number of nitrogens with zero attached hydrogens (tertiary/aromatic N) is 2. The molecule has 0 aromatic heterocycles. The van der Waals surface area contributed by atoms with Crippen LogP contribution < -0.4 is 5.32 Å².